The third-order valence-corrected chi connectivity index (χ3v) is 5.06. The molecular formula is C20H21N2O4P. The zero-order valence-electron chi connectivity index (χ0n) is 14.7. The first-order valence-electron chi connectivity index (χ1n) is 8.43. The number of hydrogen-bond acceptors (Lipinski definition) is 6. The molecule has 0 saturated heterocycles. The van der Waals surface area contributed by atoms with Crippen molar-refractivity contribution in [3.05, 3.63) is 90.0 Å². The smallest absolute Gasteiger partial charge is 0.386 e. The summed E-state index contributed by atoms with van der Waals surface area (Å²) in [4.78, 5) is 0. The molecule has 0 amide bonds. The van der Waals surface area contributed by atoms with E-state index in [1.165, 1.54) is 0 Å². The lowest BCUT2D eigenvalue weighted by atomic mass is 10.1. The Hall–Kier alpha value is -2.79. The van der Waals surface area contributed by atoms with Crippen LogP contribution in [0, 0.1) is 0 Å². The molecule has 0 fully saturated rings. The van der Waals surface area contributed by atoms with Crippen molar-refractivity contribution in [2.45, 2.75) is 13.1 Å². The highest BCUT2D eigenvalue weighted by atomic mass is 31.2. The van der Waals surface area contributed by atoms with E-state index in [0.717, 1.165) is 11.1 Å². The summed E-state index contributed by atoms with van der Waals surface area (Å²) in [5, 5.41) is 0. The average Bonchev–Trinajstić information content (AvgIpc) is 2.69. The number of rotatable bonds is 8. The van der Waals surface area contributed by atoms with E-state index in [2.05, 4.69) is 0 Å². The van der Waals surface area contributed by atoms with E-state index in [9.17, 15) is 4.57 Å². The Kier molecular flexibility index (Phi) is 6.14. The minimum Gasteiger partial charge on any atom is -0.386 e. The molecule has 0 aliphatic rings. The highest BCUT2D eigenvalue weighted by Crippen LogP contribution is 2.49. The quantitative estimate of drug-likeness (QED) is 0.564. The molecule has 0 saturated carbocycles. The lowest BCUT2D eigenvalue weighted by Crippen LogP contribution is -2.09. The molecule has 0 atom stereocenters. The van der Waals surface area contributed by atoms with Gasteiger partial charge in [-0.2, -0.15) is 4.57 Å². The monoisotopic (exact) mass is 384 g/mol. The number of phosphoric ester groups is 1. The number of phosphoric acid groups is 1. The zero-order valence-corrected chi connectivity index (χ0v) is 15.5. The van der Waals surface area contributed by atoms with Crippen LogP contribution in [0.2, 0.25) is 0 Å². The van der Waals surface area contributed by atoms with Gasteiger partial charge in [0, 0.05) is 13.1 Å². The van der Waals surface area contributed by atoms with Crippen LogP contribution in [-0.4, -0.2) is 0 Å². The van der Waals surface area contributed by atoms with Crippen LogP contribution in [0.25, 0.3) is 0 Å². The fourth-order valence-electron chi connectivity index (χ4n) is 2.45. The Morgan fingerprint density at radius 3 is 1.59 bits per heavy atom. The second kappa shape index (κ2) is 8.73. The van der Waals surface area contributed by atoms with Gasteiger partial charge in [-0.15, -0.1) is 0 Å². The van der Waals surface area contributed by atoms with Crippen LogP contribution >= 0.6 is 7.82 Å². The molecule has 0 radical (unpaired) electrons. The molecule has 0 spiro atoms. The van der Waals surface area contributed by atoms with Gasteiger partial charge in [-0.05, 0) is 47.5 Å². The summed E-state index contributed by atoms with van der Waals surface area (Å²) < 4.78 is 30.2. The molecule has 0 aromatic heterocycles. The van der Waals surface area contributed by atoms with Crippen LogP contribution in [0.1, 0.15) is 11.1 Å². The number of hydrogen-bond donors (Lipinski definition) is 2. The normalized spacial score (nSPS) is 11.0. The summed E-state index contributed by atoms with van der Waals surface area (Å²) in [5.41, 5.74) is 13.2. The summed E-state index contributed by atoms with van der Waals surface area (Å²) in [6.45, 7) is 0.638. The van der Waals surface area contributed by atoms with E-state index < -0.39 is 7.82 Å². The Bertz CT molecular complexity index is 874. The SMILES string of the molecule is NCc1ccc(OP(=O)(Oc2ccccc2)Oc2ccccc2)cc1CN. The minimum absolute atomic E-state index is 0.285. The molecule has 0 unspecified atom stereocenters. The third kappa shape index (κ3) is 5.11. The van der Waals surface area contributed by atoms with Crippen LogP contribution in [0.3, 0.4) is 0 Å². The molecule has 4 N–H and O–H groups in total. The Labute approximate surface area is 158 Å². The van der Waals surface area contributed by atoms with E-state index in [1.807, 2.05) is 12.1 Å². The van der Waals surface area contributed by atoms with Crippen molar-refractivity contribution in [1.82, 2.24) is 0 Å². The highest BCUT2D eigenvalue weighted by molar-refractivity contribution is 7.49. The fraction of sp³-hybridized carbons (Fsp3) is 0.100. The van der Waals surface area contributed by atoms with Crippen molar-refractivity contribution in [2.24, 2.45) is 11.5 Å². The van der Waals surface area contributed by atoms with Crippen LogP contribution in [0.15, 0.2) is 78.9 Å². The molecule has 0 aliphatic heterocycles. The first kappa shape index (κ1) is 19.0. The molecule has 3 aromatic rings. The van der Waals surface area contributed by atoms with E-state index in [1.54, 1.807) is 66.7 Å². The van der Waals surface area contributed by atoms with E-state index in [-0.39, 0.29) is 6.54 Å². The fourth-order valence-corrected chi connectivity index (χ4v) is 3.70. The van der Waals surface area contributed by atoms with Crippen molar-refractivity contribution in [3.8, 4) is 17.2 Å². The van der Waals surface area contributed by atoms with Crippen LogP contribution in [0.5, 0.6) is 17.2 Å². The van der Waals surface area contributed by atoms with Crippen molar-refractivity contribution in [3.63, 3.8) is 0 Å². The maximum absolute atomic E-state index is 13.4. The average molecular weight is 384 g/mol. The summed E-state index contributed by atoms with van der Waals surface area (Å²) in [7, 11) is -4.01. The molecule has 6 nitrogen and oxygen atoms in total. The predicted octanol–water partition coefficient (Wildman–Crippen LogP) is 4.25. The van der Waals surface area contributed by atoms with Crippen molar-refractivity contribution in [1.29, 1.82) is 0 Å². The van der Waals surface area contributed by atoms with E-state index in [0.29, 0.717) is 23.8 Å². The molecule has 3 rings (SSSR count). The molecule has 27 heavy (non-hydrogen) atoms. The summed E-state index contributed by atoms with van der Waals surface area (Å²) in [5.74, 6) is 1.06. The lowest BCUT2D eigenvalue weighted by molar-refractivity contribution is 0.298. The Morgan fingerprint density at radius 2 is 1.11 bits per heavy atom. The highest BCUT2D eigenvalue weighted by Gasteiger charge is 2.33. The van der Waals surface area contributed by atoms with Crippen LogP contribution in [0.4, 0.5) is 0 Å². The third-order valence-electron chi connectivity index (χ3n) is 3.76. The van der Waals surface area contributed by atoms with Gasteiger partial charge in [0.15, 0.2) is 0 Å². The predicted molar refractivity (Wildman–Crippen MR) is 105 cm³/mol. The number of nitrogens with two attached hydrogens (primary N) is 2. The van der Waals surface area contributed by atoms with Crippen LogP contribution in [-0.2, 0) is 17.7 Å². The first-order chi connectivity index (χ1) is 13.1. The second-order valence-corrected chi connectivity index (χ2v) is 7.13. The second-order valence-electron chi connectivity index (χ2n) is 5.69. The molecule has 0 aliphatic carbocycles. The van der Waals surface area contributed by atoms with Gasteiger partial charge in [0.1, 0.15) is 17.2 Å². The topological polar surface area (TPSA) is 96.8 Å². The maximum atomic E-state index is 13.4. The van der Waals surface area contributed by atoms with Gasteiger partial charge in [0.05, 0.1) is 0 Å². The zero-order chi connectivity index (χ0) is 19.1. The van der Waals surface area contributed by atoms with E-state index >= 15 is 0 Å². The molecule has 7 heteroatoms. The van der Waals surface area contributed by atoms with Gasteiger partial charge in [-0.1, -0.05) is 42.5 Å². The molecule has 0 heterocycles. The number of benzene rings is 3. The van der Waals surface area contributed by atoms with Gasteiger partial charge in [-0.25, -0.2) is 0 Å². The van der Waals surface area contributed by atoms with Crippen molar-refractivity contribution >= 4 is 7.82 Å². The Balaban J connectivity index is 1.90. The summed E-state index contributed by atoms with van der Waals surface area (Å²) >= 11 is 0. The minimum atomic E-state index is -4.01. The van der Waals surface area contributed by atoms with Crippen LogP contribution < -0.4 is 25.0 Å². The van der Waals surface area contributed by atoms with Gasteiger partial charge in [0.2, 0.25) is 0 Å². The van der Waals surface area contributed by atoms with E-state index in [4.69, 9.17) is 25.0 Å². The van der Waals surface area contributed by atoms with Gasteiger partial charge < -0.3 is 25.0 Å². The molecule has 3 aromatic carbocycles. The largest absolute Gasteiger partial charge is 0.647 e. The standard InChI is InChI=1S/C20H21N2O4P/c21-14-16-11-12-20(13-17(16)15-22)26-27(23,24-18-7-3-1-4-8-18)25-19-9-5-2-6-10-19/h1-13H,14-15,21-22H2. The summed E-state index contributed by atoms with van der Waals surface area (Å²) in [6, 6.07) is 22.6. The number of para-hydroxylation sites is 2. The maximum Gasteiger partial charge on any atom is 0.647 e. The van der Waals surface area contributed by atoms with Gasteiger partial charge in [-0.3, -0.25) is 0 Å². The van der Waals surface area contributed by atoms with Gasteiger partial charge >= 0.3 is 7.82 Å². The van der Waals surface area contributed by atoms with Crippen molar-refractivity contribution in [2.75, 3.05) is 0 Å². The lowest BCUT2D eigenvalue weighted by Gasteiger charge is -2.20. The molecule has 140 valence electrons. The van der Waals surface area contributed by atoms with Gasteiger partial charge in [0.25, 0.3) is 0 Å². The molecular weight excluding hydrogens is 363 g/mol. The van der Waals surface area contributed by atoms with Crippen molar-refractivity contribution < 1.29 is 18.1 Å². The Morgan fingerprint density at radius 1 is 0.630 bits per heavy atom. The summed E-state index contributed by atoms with van der Waals surface area (Å²) in [6.07, 6.45) is 0. The first-order valence-corrected chi connectivity index (χ1v) is 9.89. The molecule has 0 bridgehead atoms.